The maximum Gasteiger partial charge on any atom is 0.352 e. The first-order valence-electron chi connectivity index (χ1n) is 10.3. The number of carboxylic acid groups (broad SMARTS) is 1. The van der Waals surface area contributed by atoms with Crippen LogP contribution in [-0.2, 0) is 20.9 Å². The molecule has 0 aliphatic carbocycles. The number of carbonyl (C=O) groups is 3. The van der Waals surface area contributed by atoms with Crippen molar-refractivity contribution in [1.82, 2.24) is 15.2 Å². The van der Waals surface area contributed by atoms with Crippen LogP contribution in [0.25, 0.3) is 5.57 Å². The number of benzene rings is 1. The van der Waals surface area contributed by atoms with Crippen molar-refractivity contribution in [2.45, 2.75) is 32.0 Å². The van der Waals surface area contributed by atoms with Crippen molar-refractivity contribution in [3.8, 4) is 0 Å². The minimum atomic E-state index is -1.16. The van der Waals surface area contributed by atoms with Gasteiger partial charge in [0.15, 0.2) is 0 Å². The van der Waals surface area contributed by atoms with Gasteiger partial charge in [-0.2, -0.15) is 0 Å². The summed E-state index contributed by atoms with van der Waals surface area (Å²) in [5, 5.41) is 25.4. The predicted molar refractivity (Wildman–Crippen MR) is 116 cm³/mol. The maximum absolute atomic E-state index is 12.4. The summed E-state index contributed by atoms with van der Waals surface area (Å²) in [7, 11) is 0. The SMILES string of the molecule is C[C@@H](O)[C@H]1C(=O)N2C(C(=O)O)=C(c3cccc(CNCC(=O)Nc4cccnc4)c3)C[C@H]12. The molecule has 9 nitrogen and oxygen atoms in total. The molecule has 1 saturated heterocycles. The van der Waals surface area contributed by atoms with E-state index < -0.39 is 18.0 Å². The monoisotopic (exact) mass is 436 g/mol. The highest BCUT2D eigenvalue weighted by atomic mass is 16.4. The van der Waals surface area contributed by atoms with Gasteiger partial charge in [0.2, 0.25) is 11.8 Å². The average molecular weight is 436 g/mol. The lowest BCUT2D eigenvalue weighted by Gasteiger charge is -2.44. The van der Waals surface area contributed by atoms with Gasteiger partial charge in [-0.05, 0) is 42.2 Å². The molecule has 0 radical (unpaired) electrons. The first-order chi connectivity index (χ1) is 15.4. The van der Waals surface area contributed by atoms with Crippen molar-refractivity contribution in [3.63, 3.8) is 0 Å². The molecule has 4 N–H and O–H groups in total. The van der Waals surface area contributed by atoms with Crippen LogP contribution in [0.1, 0.15) is 24.5 Å². The van der Waals surface area contributed by atoms with Crippen LogP contribution in [0.4, 0.5) is 5.69 Å². The zero-order valence-corrected chi connectivity index (χ0v) is 17.5. The molecule has 1 aromatic carbocycles. The summed E-state index contributed by atoms with van der Waals surface area (Å²) in [5.41, 5.74) is 2.77. The number of pyridine rings is 1. The number of aliphatic hydroxyl groups is 1. The average Bonchev–Trinajstić information content (AvgIpc) is 3.10. The lowest BCUT2D eigenvalue weighted by Crippen LogP contribution is -2.61. The first-order valence-corrected chi connectivity index (χ1v) is 10.3. The van der Waals surface area contributed by atoms with Gasteiger partial charge in [0.05, 0.1) is 36.5 Å². The number of aromatic nitrogens is 1. The highest BCUT2D eigenvalue weighted by Gasteiger charge is 2.56. The number of aliphatic carboxylic acids is 1. The number of fused-ring (bicyclic) bond motifs is 1. The topological polar surface area (TPSA) is 132 Å². The molecule has 1 aromatic heterocycles. The molecule has 4 rings (SSSR count). The highest BCUT2D eigenvalue weighted by molar-refractivity contribution is 6.06. The number of anilines is 1. The Kier molecular flexibility index (Phi) is 6.02. The van der Waals surface area contributed by atoms with Gasteiger partial charge in [-0.25, -0.2) is 4.79 Å². The minimum absolute atomic E-state index is 0.0159. The second-order valence-electron chi connectivity index (χ2n) is 7.97. The molecule has 32 heavy (non-hydrogen) atoms. The molecule has 0 saturated carbocycles. The Morgan fingerprint density at radius 3 is 2.78 bits per heavy atom. The minimum Gasteiger partial charge on any atom is -0.477 e. The van der Waals surface area contributed by atoms with Gasteiger partial charge < -0.3 is 25.7 Å². The third kappa shape index (κ3) is 4.12. The summed E-state index contributed by atoms with van der Waals surface area (Å²) in [6.45, 7) is 2.06. The zero-order chi connectivity index (χ0) is 22.8. The molecule has 2 aromatic rings. The fourth-order valence-electron chi connectivity index (χ4n) is 4.36. The van der Waals surface area contributed by atoms with Crippen molar-refractivity contribution in [1.29, 1.82) is 0 Å². The van der Waals surface area contributed by atoms with Crippen LogP contribution in [0.15, 0.2) is 54.5 Å². The number of rotatable bonds is 8. The molecule has 3 atom stereocenters. The summed E-state index contributed by atoms with van der Waals surface area (Å²) in [5.74, 6) is -2.29. The number of aliphatic hydroxyl groups excluding tert-OH is 1. The van der Waals surface area contributed by atoms with Crippen LogP contribution in [0.2, 0.25) is 0 Å². The van der Waals surface area contributed by atoms with E-state index in [4.69, 9.17) is 0 Å². The second-order valence-corrected chi connectivity index (χ2v) is 7.97. The molecule has 166 valence electrons. The van der Waals surface area contributed by atoms with E-state index >= 15 is 0 Å². The quantitative estimate of drug-likeness (QED) is 0.458. The summed E-state index contributed by atoms with van der Waals surface area (Å²) in [6, 6.07) is 10.5. The number of hydrogen-bond donors (Lipinski definition) is 4. The number of nitrogens with one attached hydrogen (secondary N) is 2. The van der Waals surface area contributed by atoms with E-state index in [2.05, 4.69) is 15.6 Å². The van der Waals surface area contributed by atoms with Crippen molar-refractivity contribution in [2.24, 2.45) is 5.92 Å². The predicted octanol–water partition coefficient (Wildman–Crippen LogP) is 1.22. The van der Waals surface area contributed by atoms with E-state index in [1.165, 1.54) is 4.90 Å². The van der Waals surface area contributed by atoms with Crippen molar-refractivity contribution < 1.29 is 24.6 Å². The normalized spacial score (nSPS) is 20.6. The molecule has 0 spiro atoms. The molecule has 0 bridgehead atoms. The third-order valence-electron chi connectivity index (χ3n) is 5.77. The van der Waals surface area contributed by atoms with Crippen LogP contribution < -0.4 is 10.6 Å². The van der Waals surface area contributed by atoms with Gasteiger partial charge in [-0.15, -0.1) is 0 Å². The molecule has 9 heteroatoms. The third-order valence-corrected chi connectivity index (χ3v) is 5.77. The van der Waals surface area contributed by atoms with Crippen LogP contribution >= 0.6 is 0 Å². The molecular weight excluding hydrogens is 412 g/mol. The fourth-order valence-corrected chi connectivity index (χ4v) is 4.36. The number of β-lactam (4-membered cyclic amide) rings is 1. The van der Waals surface area contributed by atoms with E-state index in [1.54, 1.807) is 31.5 Å². The fraction of sp³-hybridized carbons (Fsp3) is 0.304. The summed E-state index contributed by atoms with van der Waals surface area (Å²) < 4.78 is 0. The Hall–Kier alpha value is -3.56. The second kappa shape index (κ2) is 8.89. The Morgan fingerprint density at radius 1 is 1.28 bits per heavy atom. The molecule has 2 amide bonds. The summed E-state index contributed by atoms with van der Waals surface area (Å²) in [6.07, 6.45) is 2.74. The van der Waals surface area contributed by atoms with Gasteiger partial charge in [0.25, 0.3) is 0 Å². The Bertz CT molecular complexity index is 1080. The molecule has 2 aliphatic rings. The number of carbonyl (C=O) groups excluding carboxylic acids is 2. The molecular formula is C23H24N4O5. The van der Waals surface area contributed by atoms with Crippen molar-refractivity contribution in [3.05, 3.63) is 65.6 Å². The molecule has 3 heterocycles. The van der Waals surface area contributed by atoms with Gasteiger partial charge in [-0.1, -0.05) is 24.3 Å². The maximum atomic E-state index is 12.4. The summed E-state index contributed by atoms with van der Waals surface area (Å²) in [4.78, 5) is 41.6. The van der Waals surface area contributed by atoms with Gasteiger partial charge in [-0.3, -0.25) is 14.6 Å². The van der Waals surface area contributed by atoms with Crippen LogP contribution in [0, 0.1) is 5.92 Å². The standard InChI is InChI=1S/C23H24N4O5/c1-13(28)20-18-9-17(21(23(31)32)27(18)22(20)30)15-5-2-4-14(8-15)10-25-12-19(29)26-16-6-3-7-24-11-16/h2-8,11,13,18,20,25,28H,9-10,12H2,1H3,(H,26,29)(H,31,32)/t13-,18-,20-/m1/s1. The lowest BCUT2D eigenvalue weighted by molar-refractivity contribution is -0.161. The number of hydrogen-bond acceptors (Lipinski definition) is 6. The van der Waals surface area contributed by atoms with Crippen LogP contribution in [-0.4, -0.2) is 56.6 Å². The van der Waals surface area contributed by atoms with Gasteiger partial charge in [0.1, 0.15) is 5.70 Å². The lowest BCUT2D eigenvalue weighted by atomic mass is 9.82. The number of nitrogens with zero attached hydrogens (tertiary/aromatic N) is 2. The highest BCUT2D eigenvalue weighted by Crippen LogP contribution is 2.46. The molecule has 0 unspecified atom stereocenters. The Balaban J connectivity index is 1.43. The van der Waals surface area contributed by atoms with E-state index in [9.17, 15) is 24.6 Å². The van der Waals surface area contributed by atoms with Gasteiger partial charge in [0, 0.05) is 12.7 Å². The van der Waals surface area contributed by atoms with E-state index in [0.717, 1.165) is 5.56 Å². The van der Waals surface area contributed by atoms with Crippen LogP contribution in [0.3, 0.4) is 0 Å². The largest absolute Gasteiger partial charge is 0.477 e. The molecule has 2 aliphatic heterocycles. The zero-order valence-electron chi connectivity index (χ0n) is 17.5. The van der Waals surface area contributed by atoms with E-state index in [0.29, 0.717) is 29.8 Å². The first kappa shape index (κ1) is 21.7. The number of amides is 2. The smallest absolute Gasteiger partial charge is 0.352 e. The van der Waals surface area contributed by atoms with Gasteiger partial charge >= 0.3 is 5.97 Å². The van der Waals surface area contributed by atoms with Crippen molar-refractivity contribution >= 4 is 29.0 Å². The van der Waals surface area contributed by atoms with E-state index in [-0.39, 0.29) is 30.1 Å². The Labute approximate surface area is 184 Å². The summed E-state index contributed by atoms with van der Waals surface area (Å²) >= 11 is 0. The Morgan fingerprint density at radius 2 is 2.09 bits per heavy atom. The molecule has 1 fully saturated rings. The number of carboxylic acids is 1. The van der Waals surface area contributed by atoms with E-state index in [1.807, 2.05) is 24.3 Å². The van der Waals surface area contributed by atoms with Crippen LogP contribution in [0.5, 0.6) is 0 Å². The van der Waals surface area contributed by atoms with Crippen molar-refractivity contribution in [2.75, 3.05) is 11.9 Å².